The Kier molecular flexibility index (Phi) is 6.82. The van der Waals surface area contributed by atoms with E-state index >= 15 is 0 Å². The summed E-state index contributed by atoms with van der Waals surface area (Å²) in [5, 5.41) is 22.2. The van der Waals surface area contributed by atoms with Gasteiger partial charge in [0.2, 0.25) is 6.04 Å². The molecule has 0 aliphatic rings. The molecule has 0 bridgehead atoms. The summed E-state index contributed by atoms with van der Waals surface area (Å²) in [4.78, 5) is 21.0. The summed E-state index contributed by atoms with van der Waals surface area (Å²) in [6.45, 7) is 1.68. The fourth-order valence-corrected chi connectivity index (χ4v) is 1.18. The van der Waals surface area contributed by atoms with E-state index in [0.29, 0.717) is 6.42 Å². The average Bonchev–Trinajstić information content (AvgIpc) is 2.28. The maximum absolute atomic E-state index is 10.8. The Morgan fingerprint density at radius 3 is 2.56 bits per heavy atom. The fourth-order valence-electron chi connectivity index (χ4n) is 1.18. The molecule has 0 spiro atoms. The van der Waals surface area contributed by atoms with Gasteiger partial charge in [-0.2, -0.15) is 0 Å². The number of hydrogen-bond donors (Lipinski definition) is 1. The van der Waals surface area contributed by atoms with Gasteiger partial charge in [0.1, 0.15) is 0 Å². The van der Waals surface area contributed by atoms with Gasteiger partial charge in [-0.25, -0.2) is 0 Å². The molecule has 0 saturated carbocycles. The van der Waals surface area contributed by atoms with Crippen molar-refractivity contribution in [2.24, 2.45) is 5.16 Å². The molecule has 0 fully saturated rings. The summed E-state index contributed by atoms with van der Waals surface area (Å²) in [5.41, 5.74) is 0.244. The Labute approximate surface area is 93.2 Å². The van der Waals surface area contributed by atoms with Gasteiger partial charge in [-0.1, -0.05) is 12.1 Å². The molecular weight excluding hydrogens is 216 g/mol. The zero-order valence-corrected chi connectivity index (χ0v) is 9.38. The summed E-state index contributed by atoms with van der Waals surface area (Å²) in [6.07, 6.45) is 0.638. The minimum atomic E-state index is -0.774. The Bertz CT molecular complexity index is 277. The first-order chi connectivity index (χ1) is 7.54. The molecule has 92 valence electrons. The minimum Gasteiger partial charge on any atom is -0.469 e. The van der Waals surface area contributed by atoms with Gasteiger partial charge in [-0.05, 0) is 6.42 Å². The van der Waals surface area contributed by atoms with E-state index in [2.05, 4.69) is 9.89 Å². The van der Waals surface area contributed by atoms with Crippen LogP contribution in [0.25, 0.3) is 0 Å². The Morgan fingerprint density at radius 2 is 2.19 bits per heavy atom. The molecule has 1 atom stereocenters. The Hall–Kier alpha value is -1.66. The molecule has 0 heterocycles. The van der Waals surface area contributed by atoms with Crippen molar-refractivity contribution in [2.45, 2.75) is 38.6 Å². The third-order valence-corrected chi connectivity index (χ3v) is 2.23. The monoisotopic (exact) mass is 232 g/mol. The fraction of sp³-hybridized carbons (Fsp3) is 0.778. The molecule has 0 rings (SSSR count). The van der Waals surface area contributed by atoms with Crippen molar-refractivity contribution in [3.63, 3.8) is 0 Å². The van der Waals surface area contributed by atoms with Crippen LogP contribution in [0.5, 0.6) is 0 Å². The Balaban J connectivity index is 4.20. The molecule has 1 unspecified atom stereocenters. The standard InChI is InChI=1S/C9H16N2O5/c1-3-8(11(14)15)6-7(10-13)4-5-9(12)16-2/h8,13H,3-6H2,1-2H3/b10-7+. The van der Waals surface area contributed by atoms with Crippen LogP contribution in [0.3, 0.4) is 0 Å². The van der Waals surface area contributed by atoms with Crippen LogP contribution in [-0.4, -0.2) is 35.0 Å². The predicted octanol–water partition coefficient (Wildman–Crippen LogP) is 1.22. The summed E-state index contributed by atoms with van der Waals surface area (Å²) >= 11 is 0. The summed E-state index contributed by atoms with van der Waals surface area (Å²) in [6, 6.07) is -0.774. The van der Waals surface area contributed by atoms with Gasteiger partial charge >= 0.3 is 5.97 Å². The van der Waals surface area contributed by atoms with Gasteiger partial charge in [0.15, 0.2) is 0 Å². The number of esters is 1. The van der Waals surface area contributed by atoms with Crippen LogP contribution < -0.4 is 0 Å². The van der Waals surface area contributed by atoms with Gasteiger partial charge in [-0.3, -0.25) is 14.9 Å². The molecular formula is C9H16N2O5. The van der Waals surface area contributed by atoms with Crippen molar-refractivity contribution >= 4 is 11.7 Å². The van der Waals surface area contributed by atoms with Crippen molar-refractivity contribution < 1.29 is 19.7 Å². The summed E-state index contributed by atoms with van der Waals surface area (Å²) in [5.74, 6) is -0.435. The van der Waals surface area contributed by atoms with E-state index in [-0.39, 0.29) is 25.0 Å². The lowest BCUT2D eigenvalue weighted by Gasteiger charge is -2.07. The lowest BCUT2D eigenvalue weighted by Crippen LogP contribution is -2.22. The zero-order chi connectivity index (χ0) is 12.6. The normalized spacial score (nSPS) is 13.2. The van der Waals surface area contributed by atoms with Crippen LogP contribution in [0, 0.1) is 10.1 Å². The molecule has 0 aromatic rings. The third-order valence-electron chi connectivity index (χ3n) is 2.23. The molecule has 0 amide bonds. The molecule has 0 radical (unpaired) electrons. The largest absolute Gasteiger partial charge is 0.469 e. The maximum Gasteiger partial charge on any atom is 0.305 e. The van der Waals surface area contributed by atoms with Gasteiger partial charge in [0.05, 0.1) is 25.7 Å². The molecule has 0 saturated heterocycles. The van der Waals surface area contributed by atoms with Gasteiger partial charge in [0.25, 0.3) is 0 Å². The number of methoxy groups -OCH3 is 1. The number of ether oxygens (including phenoxy) is 1. The first kappa shape index (κ1) is 14.3. The van der Waals surface area contributed by atoms with Crippen molar-refractivity contribution in [1.29, 1.82) is 0 Å². The molecule has 0 aliphatic carbocycles. The SMILES string of the molecule is CCC(C/C(CCC(=O)OC)=N/O)[N+](=O)[O-]. The highest BCUT2D eigenvalue weighted by Gasteiger charge is 2.21. The highest BCUT2D eigenvalue weighted by Crippen LogP contribution is 2.08. The second-order valence-corrected chi connectivity index (χ2v) is 3.29. The van der Waals surface area contributed by atoms with Crippen molar-refractivity contribution in [2.75, 3.05) is 7.11 Å². The first-order valence-corrected chi connectivity index (χ1v) is 4.95. The maximum atomic E-state index is 10.8. The van der Waals surface area contributed by atoms with Gasteiger partial charge in [-0.15, -0.1) is 0 Å². The van der Waals surface area contributed by atoms with Crippen molar-refractivity contribution in [3.8, 4) is 0 Å². The van der Waals surface area contributed by atoms with Crippen LogP contribution in [-0.2, 0) is 9.53 Å². The van der Waals surface area contributed by atoms with E-state index in [0.717, 1.165) is 0 Å². The smallest absolute Gasteiger partial charge is 0.305 e. The topological polar surface area (TPSA) is 102 Å². The number of oxime groups is 1. The van der Waals surface area contributed by atoms with Crippen LogP contribution >= 0.6 is 0 Å². The molecule has 16 heavy (non-hydrogen) atoms. The lowest BCUT2D eigenvalue weighted by atomic mass is 10.0. The predicted molar refractivity (Wildman–Crippen MR) is 56.2 cm³/mol. The van der Waals surface area contributed by atoms with E-state index in [4.69, 9.17) is 5.21 Å². The Morgan fingerprint density at radius 1 is 1.56 bits per heavy atom. The summed E-state index contributed by atoms with van der Waals surface area (Å²) in [7, 11) is 1.25. The van der Waals surface area contributed by atoms with Crippen LogP contribution in [0.4, 0.5) is 0 Å². The second kappa shape index (κ2) is 7.61. The quantitative estimate of drug-likeness (QED) is 0.234. The molecule has 7 nitrogen and oxygen atoms in total. The van der Waals surface area contributed by atoms with E-state index in [1.54, 1.807) is 6.92 Å². The minimum absolute atomic E-state index is 0.0526. The number of nitrogens with zero attached hydrogens (tertiary/aromatic N) is 2. The molecule has 0 aromatic heterocycles. The van der Waals surface area contributed by atoms with Crippen LogP contribution in [0.15, 0.2) is 5.16 Å². The molecule has 0 aliphatic heterocycles. The second-order valence-electron chi connectivity index (χ2n) is 3.29. The van der Waals surface area contributed by atoms with Gasteiger partial charge in [0, 0.05) is 11.3 Å². The van der Waals surface area contributed by atoms with Crippen molar-refractivity contribution in [1.82, 2.24) is 0 Å². The highest BCUT2D eigenvalue weighted by molar-refractivity contribution is 5.87. The number of carbonyl (C=O) groups excluding carboxylic acids is 1. The van der Waals surface area contributed by atoms with E-state index in [1.165, 1.54) is 7.11 Å². The molecule has 0 aromatic carbocycles. The van der Waals surface area contributed by atoms with Crippen LogP contribution in [0.2, 0.25) is 0 Å². The zero-order valence-electron chi connectivity index (χ0n) is 9.38. The number of hydrogen-bond acceptors (Lipinski definition) is 6. The molecule has 7 heteroatoms. The molecule has 1 N–H and O–H groups in total. The summed E-state index contributed by atoms with van der Waals surface area (Å²) < 4.78 is 4.41. The van der Waals surface area contributed by atoms with E-state index in [9.17, 15) is 14.9 Å². The lowest BCUT2D eigenvalue weighted by molar-refractivity contribution is -0.521. The van der Waals surface area contributed by atoms with Gasteiger partial charge < -0.3 is 9.94 Å². The number of carbonyl (C=O) groups is 1. The number of nitro groups is 1. The van der Waals surface area contributed by atoms with Crippen LogP contribution in [0.1, 0.15) is 32.6 Å². The van der Waals surface area contributed by atoms with E-state index < -0.39 is 16.9 Å². The number of rotatable bonds is 7. The highest BCUT2D eigenvalue weighted by atomic mass is 16.6. The van der Waals surface area contributed by atoms with E-state index in [1.807, 2.05) is 0 Å². The van der Waals surface area contributed by atoms with Crippen molar-refractivity contribution in [3.05, 3.63) is 10.1 Å². The third kappa shape index (κ3) is 5.28. The average molecular weight is 232 g/mol. The first-order valence-electron chi connectivity index (χ1n) is 4.95.